The molecule has 1 aliphatic heterocycles. The van der Waals surface area contributed by atoms with Crippen molar-refractivity contribution in [2.75, 3.05) is 19.6 Å². The van der Waals surface area contributed by atoms with Crippen molar-refractivity contribution in [2.45, 2.75) is 39.7 Å². The second-order valence-corrected chi connectivity index (χ2v) is 7.33. The SMILES string of the molecule is CCc1nn(C)c(Cl)c1CN1CCCC(CNC(=O)c2cc(C)on2)C1. The molecule has 2 aromatic rings. The van der Waals surface area contributed by atoms with Crippen molar-refractivity contribution in [1.29, 1.82) is 0 Å². The van der Waals surface area contributed by atoms with Crippen LogP contribution in [0.3, 0.4) is 0 Å². The number of carbonyl (C=O) groups is 1. The van der Waals surface area contributed by atoms with E-state index in [0.717, 1.165) is 55.3 Å². The number of piperidine rings is 1. The van der Waals surface area contributed by atoms with Gasteiger partial charge in [0.05, 0.1) is 5.69 Å². The number of amides is 1. The summed E-state index contributed by atoms with van der Waals surface area (Å²) in [6, 6.07) is 1.65. The van der Waals surface area contributed by atoms with Crippen molar-refractivity contribution < 1.29 is 9.32 Å². The Morgan fingerprint density at radius 3 is 3.00 bits per heavy atom. The largest absolute Gasteiger partial charge is 0.361 e. The standard InChI is InChI=1S/C18H26ClN5O2/c1-4-15-14(17(19)23(3)21-15)11-24-7-5-6-13(10-24)9-20-18(25)16-8-12(2)26-22-16/h8,13H,4-7,9-11H2,1-3H3,(H,20,25). The van der Waals surface area contributed by atoms with Crippen LogP contribution < -0.4 is 5.32 Å². The van der Waals surface area contributed by atoms with Gasteiger partial charge in [-0.1, -0.05) is 23.7 Å². The molecule has 1 saturated heterocycles. The van der Waals surface area contributed by atoms with Gasteiger partial charge in [0.25, 0.3) is 5.91 Å². The molecule has 0 radical (unpaired) electrons. The second kappa shape index (κ2) is 8.22. The molecule has 26 heavy (non-hydrogen) atoms. The summed E-state index contributed by atoms with van der Waals surface area (Å²) in [5.41, 5.74) is 2.53. The van der Waals surface area contributed by atoms with Gasteiger partial charge < -0.3 is 9.84 Å². The van der Waals surface area contributed by atoms with Crippen LogP contribution in [0.1, 0.15) is 47.3 Å². The lowest BCUT2D eigenvalue weighted by molar-refractivity contribution is 0.0921. The monoisotopic (exact) mass is 379 g/mol. The molecule has 1 aliphatic rings. The predicted octanol–water partition coefficient (Wildman–Crippen LogP) is 2.57. The fourth-order valence-corrected chi connectivity index (χ4v) is 3.73. The summed E-state index contributed by atoms with van der Waals surface area (Å²) >= 11 is 6.42. The topological polar surface area (TPSA) is 76.2 Å². The highest BCUT2D eigenvalue weighted by molar-refractivity contribution is 6.30. The average molecular weight is 380 g/mol. The number of likely N-dealkylation sites (tertiary alicyclic amines) is 1. The van der Waals surface area contributed by atoms with Gasteiger partial charge in [0.15, 0.2) is 5.69 Å². The van der Waals surface area contributed by atoms with E-state index < -0.39 is 0 Å². The Hall–Kier alpha value is -1.86. The van der Waals surface area contributed by atoms with Crippen molar-refractivity contribution in [3.05, 3.63) is 33.9 Å². The minimum absolute atomic E-state index is 0.178. The highest BCUT2D eigenvalue weighted by atomic mass is 35.5. The van der Waals surface area contributed by atoms with Gasteiger partial charge in [0.1, 0.15) is 10.9 Å². The molecule has 142 valence electrons. The van der Waals surface area contributed by atoms with Crippen molar-refractivity contribution in [3.8, 4) is 0 Å². The Labute approximate surface area is 158 Å². The Morgan fingerprint density at radius 2 is 2.31 bits per heavy atom. The summed E-state index contributed by atoms with van der Waals surface area (Å²) in [6.07, 6.45) is 3.10. The third-order valence-electron chi connectivity index (χ3n) is 4.88. The smallest absolute Gasteiger partial charge is 0.273 e. The summed E-state index contributed by atoms with van der Waals surface area (Å²) in [5.74, 6) is 0.878. The number of hydrogen-bond acceptors (Lipinski definition) is 5. The average Bonchev–Trinajstić information content (AvgIpc) is 3.18. The first-order chi connectivity index (χ1) is 12.5. The summed E-state index contributed by atoms with van der Waals surface area (Å²) in [6.45, 7) is 7.30. The van der Waals surface area contributed by atoms with E-state index in [4.69, 9.17) is 16.1 Å². The zero-order valence-electron chi connectivity index (χ0n) is 15.6. The maximum atomic E-state index is 12.1. The number of aryl methyl sites for hydroxylation is 3. The normalized spacial score (nSPS) is 18.2. The Kier molecular flexibility index (Phi) is 5.98. The molecule has 1 atom stereocenters. The predicted molar refractivity (Wildman–Crippen MR) is 99.2 cm³/mol. The molecular weight excluding hydrogens is 354 g/mol. The highest BCUT2D eigenvalue weighted by Crippen LogP contribution is 2.24. The summed E-state index contributed by atoms with van der Waals surface area (Å²) in [5, 5.41) is 11.9. The lowest BCUT2D eigenvalue weighted by Crippen LogP contribution is -2.40. The maximum Gasteiger partial charge on any atom is 0.273 e. The zero-order chi connectivity index (χ0) is 18.7. The van der Waals surface area contributed by atoms with Gasteiger partial charge >= 0.3 is 0 Å². The van der Waals surface area contributed by atoms with Gasteiger partial charge in [0.2, 0.25) is 0 Å². The van der Waals surface area contributed by atoms with E-state index in [0.29, 0.717) is 23.9 Å². The van der Waals surface area contributed by atoms with Crippen LogP contribution in [0.4, 0.5) is 0 Å². The number of hydrogen-bond donors (Lipinski definition) is 1. The number of halogens is 1. The molecule has 8 heteroatoms. The number of nitrogens with one attached hydrogen (secondary N) is 1. The maximum absolute atomic E-state index is 12.1. The number of carbonyl (C=O) groups excluding carboxylic acids is 1. The van der Waals surface area contributed by atoms with Crippen LogP contribution in [0, 0.1) is 12.8 Å². The van der Waals surface area contributed by atoms with Crippen LogP contribution >= 0.6 is 11.6 Å². The Bertz CT molecular complexity index is 770. The first-order valence-corrected chi connectivity index (χ1v) is 9.49. The minimum atomic E-state index is -0.178. The number of aromatic nitrogens is 3. The summed E-state index contributed by atoms with van der Waals surface area (Å²) in [7, 11) is 1.88. The highest BCUT2D eigenvalue weighted by Gasteiger charge is 2.24. The Balaban J connectivity index is 1.55. The molecular formula is C18H26ClN5O2. The van der Waals surface area contributed by atoms with E-state index in [1.54, 1.807) is 17.7 Å². The quantitative estimate of drug-likeness (QED) is 0.834. The second-order valence-electron chi connectivity index (χ2n) is 6.97. The third-order valence-corrected chi connectivity index (χ3v) is 5.36. The van der Waals surface area contributed by atoms with E-state index >= 15 is 0 Å². The molecule has 0 spiro atoms. The van der Waals surface area contributed by atoms with Crippen molar-refractivity contribution in [1.82, 2.24) is 25.2 Å². The molecule has 1 unspecified atom stereocenters. The molecule has 3 rings (SSSR count). The number of nitrogens with zero attached hydrogens (tertiary/aromatic N) is 4. The molecule has 3 heterocycles. The van der Waals surface area contributed by atoms with Gasteiger partial charge in [-0.3, -0.25) is 14.4 Å². The van der Waals surface area contributed by atoms with E-state index in [1.165, 1.54) is 0 Å². The molecule has 1 fully saturated rings. The minimum Gasteiger partial charge on any atom is -0.361 e. The molecule has 1 N–H and O–H groups in total. The van der Waals surface area contributed by atoms with Crippen LogP contribution in [-0.2, 0) is 20.0 Å². The van der Waals surface area contributed by atoms with Crippen LogP contribution in [0.5, 0.6) is 0 Å². The molecule has 2 aromatic heterocycles. The van der Waals surface area contributed by atoms with Gasteiger partial charge in [-0.25, -0.2) is 0 Å². The van der Waals surface area contributed by atoms with Gasteiger partial charge in [-0.2, -0.15) is 5.10 Å². The van der Waals surface area contributed by atoms with Gasteiger partial charge in [0, 0.05) is 38.3 Å². The molecule has 1 amide bonds. The third kappa shape index (κ3) is 4.27. The number of rotatable bonds is 6. The molecule has 0 saturated carbocycles. The van der Waals surface area contributed by atoms with E-state index in [-0.39, 0.29) is 5.91 Å². The van der Waals surface area contributed by atoms with Crippen LogP contribution in [0.25, 0.3) is 0 Å². The lowest BCUT2D eigenvalue weighted by atomic mass is 9.97. The van der Waals surface area contributed by atoms with Crippen molar-refractivity contribution in [3.63, 3.8) is 0 Å². The van der Waals surface area contributed by atoms with Crippen LogP contribution in [0.15, 0.2) is 10.6 Å². The summed E-state index contributed by atoms with van der Waals surface area (Å²) < 4.78 is 6.70. The first kappa shape index (κ1) is 18.9. The molecule has 0 bridgehead atoms. The lowest BCUT2D eigenvalue weighted by Gasteiger charge is -2.32. The fraction of sp³-hybridized carbons (Fsp3) is 0.611. The van der Waals surface area contributed by atoms with E-state index in [1.807, 2.05) is 7.05 Å². The Morgan fingerprint density at radius 1 is 1.50 bits per heavy atom. The van der Waals surface area contributed by atoms with Gasteiger partial charge in [-0.05, 0) is 38.6 Å². The molecule has 0 aliphatic carbocycles. The molecule has 7 nitrogen and oxygen atoms in total. The zero-order valence-corrected chi connectivity index (χ0v) is 16.3. The van der Waals surface area contributed by atoms with Crippen LogP contribution in [0.2, 0.25) is 5.15 Å². The fourth-order valence-electron chi connectivity index (χ4n) is 3.53. The molecule has 0 aromatic carbocycles. The van der Waals surface area contributed by atoms with Crippen LogP contribution in [-0.4, -0.2) is 45.4 Å². The van der Waals surface area contributed by atoms with Gasteiger partial charge in [-0.15, -0.1) is 0 Å². The van der Waals surface area contributed by atoms with E-state index in [9.17, 15) is 4.79 Å². The first-order valence-electron chi connectivity index (χ1n) is 9.12. The van der Waals surface area contributed by atoms with Crippen molar-refractivity contribution in [2.24, 2.45) is 13.0 Å². The van der Waals surface area contributed by atoms with E-state index in [2.05, 4.69) is 27.4 Å². The summed E-state index contributed by atoms with van der Waals surface area (Å²) in [4.78, 5) is 14.5. The van der Waals surface area contributed by atoms with Crippen molar-refractivity contribution >= 4 is 17.5 Å².